The quantitative estimate of drug-likeness (QED) is 0.855. The van der Waals surface area contributed by atoms with Crippen LogP contribution in [0.15, 0.2) is 12.1 Å². The molecule has 0 radical (unpaired) electrons. The van der Waals surface area contributed by atoms with Crippen molar-refractivity contribution in [3.8, 4) is 0 Å². The van der Waals surface area contributed by atoms with Crippen LogP contribution >= 0.6 is 11.3 Å². The van der Waals surface area contributed by atoms with Gasteiger partial charge in [0.15, 0.2) is 0 Å². The highest BCUT2D eigenvalue weighted by atomic mass is 32.1. The van der Waals surface area contributed by atoms with Gasteiger partial charge in [0.25, 0.3) is 0 Å². The fourth-order valence-electron chi connectivity index (χ4n) is 2.75. The highest BCUT2D eigenvalue weighted by molar-refractivity contribution is 7.18. The number of hydrogen-bond acceptors (Lipinski definition) is 5. The lowest BCUT2D eigenvalue weighted by molar-refractivity contribution is 0.315. The first-order valence-corrected chi connectivity index (χ1v) is 7.44. The van der Waals surface area contributed by atoms with Gasteiger partial charge in [-0.3, -0.25) is 0 Å². The van der Waals surface area contributed by atoms with Crippen LogP contribution in [0.2, 0.25) is 0 Å². The van der Waals surface area contributed by atoms with E-state index in [0.29, 0.717) is 6.04 Å². The van der Waals surface area contributed by atoms with Crippen molar-refractivity contribution >= 4 is 32.9 Å². The maximum absolute atomic E-state index is 6.22. The summed E-state index contributed by atoms with van der Waals surface area (Å²) in [5, 5.41) is 1.10. The zero-order valence-corrected chi connectivity index (χ0v) is 12.5. The Morgan fingerprint density at radius 2 is 2.21 bits per heavy atom. The number of nitrogens with zero attached hydrogens (tertiary/aromatic N) is 3. The number of nitrogens with two attached hydrogens (primary N) is 1. The first kappa shape index (κ1) is 12.7. The molecular formula is C14H20N4S. The molecular weight excluding hydrogens is 256 g/mol. The third kappa shape index (κ3) is 2.28. The van der Waals surface area contributed by atoms with E-state index in [1.165, 1.54) is 11.1 Å². The molecule has 1 fully saturated rings. The molecule has 1 aromatic heterocycles. The predicted molar refractivity (Wildman–Crippen MR) is 83.1 cm³/mol. The molecule has 3 rings (SSSR count). The first-order chi connectivity index (χ1) is 9.04. The average molecular weight is 276 g/mol. The van der Waals surface area contributed by atoms with Crippen LogP contribution in [0.5, 0.6) is 0 Å². The van der Waals surface area contributed by atoms with E-state index in [9.17, 15) is 0 Å². The summed E-state index contributed by atoms with van der Waals surface area (Å²) in [5.41, 5.74) is 9.30. The molecule has 4 nitrogen and oxygen atoms in total. The second kappa shape index (κ2) is 4.65. The third-order valence-electron chi connectivity index (χ3n) is 3.88. The van der Waals surface area contributed by atoms with Gasteiger partial charge in [-0.25, -0.2) is 4.98 Å². The van der Waals surface area contributed by atoms with Crippen molar-refractivity contribution in [1.29, 1.82) is 0 Å². The highest BCUT2D eigenvalue weighted by Crippen LogP contribution is 2.34. The normalized spacial score (nSPS) is 19.8. The number of likely N-dealkylation sites (N-methyl/N-ethyl adjacent to an activating group) is 1. The minimum Gasteiger partial charge on any atom is -0.397 e. The Hall–Kier alpha value is -1.33. The molecule has 2 N–H and O–H groups in total. The number of aromatic nitrogens is 1. The summed E-state index contributed by atoms with van der Waals surface area (Å²) in [6.45, 7) is 4.16. The van der Waals surface area contributed by atoms with Crippen molar-refractivity contribution in [1.82, 2.24) is 9.88 Å². The molecule has 102 valence electrons. The van der Waals surface area contributed by atoms with Crippen molar-refractivity contribution in [2.24, 2.45) is 0 Å². The summed E-state index contributed by atoms with van der Waals surface area (Å²) in [6, 6.07) is 4.83. The fraction of sp³-hybridized carbons (Fsp3) is 0.500. The van der Waals surface area contributed by atoms with Crippen molar-refractivity contribution in [3.05, 3.63) is 17.1 Å². The van der Waals surface area contributed by atoms with Crippen LogP contribution in [-0.2, 0) is 0 Å². The van der Waals surface area contributed by atoms with E-state index in [1.807, 2.05) is 6.92 Å². The molecule has 1 aromatic carbocycles. The van der Waals surface area contributed by atoms with Crippen LogP contribution in [-0.4, -0.2) is 43.1 Å². The zero-order valence-electron chi connectivity index (χ0n) is 11.7. The monoisotopic (exact) mass is 276 g/mol. The fourth-order valence-corrected chi connectivity index (χ4v) is 3.61. The van der Waals surface area contributed by atoms with Crippen molar-refractivity contribution in [2.75, 3.05) is 37.8 Å². The number of rotatable bonds is 2. The summed E-state index contributed by atoms with van der Waals surface area (Å²) in [7, 11) is 4.29. The van der Waals surface area contributed by atoms with E-state index < -0.39 is 0 Å². The number of benzene rings is 1. The topological polar surface area (TPSA) is 45.4 Å². The van der Waals surface area contributed by atoms with Gasteiger partial charge in [0.1, 0.15) is 0 Å². The van der Waals surface area contributed by atoms with E-state index in [1.54, 1.807) is 11.3 Å². The van der Waals surface area contributed by atoms with Gasteiger partial charge in [-0.2, -0.15) is 0 Å². The largest absolute Gasteiger partial charge is 0.397 e. The Labute approximate surface area is 117 Å². The molecule has 0 saturated carbocycles. The second-order valence-electron chi connectivity index (χ2n) is 5.46. The Kier molecular flexibility index (Phi) is 3.11. The van der Waals surface area contributed by atoms with E-state index >= 15 is 0 Å². The maximum Gasteiger partial charge on any atom is 0.0907 e. The second-order valence-corrected chi connectivity index (χ2v) is 6.70. The summed E-state index contributed by atoms with van der Waals surface area (Å²) < 4.78 is 1.18. The van der Waals surface area contributed by atoms with Gasteiger partial charge < -0.3 is 15.5 Å². The minimum absolute atomic E-state index is 0.618. The van der Waals surface area contributed by atoms with Crippen LogP contribution in [0, 0.1) is 6.92 Å². The number of hydrogen-bond donors (Lipinski definition) is 1. The molecule has 2 aromatic rings. The molecule has 0 bridgehead atoms. The van der Waals surface area contributed by atoms with Gasteiger partial charge in [0.05, 0.1) is 26.6 Å². The summed E-state index contributed by atoms with van der Waals surface area (Å²) >= 11 is 1.71. The van der Waals surface area contributed by atoms with E-state index in [4.69, 9.17) is 5.73 Å². The number of thiazole rings is 1. The van der Waals surface area contributed by atoms with Gasteiger partial charge in [0, 0.05) is 19.1 Å². The lowest BCUT2D eigenvalue weighted by atomic mass is 10.2. The molecule has 1 atom stereocenters. The zero-order chi connectivity index (χ0) is 13.6. The lowest BCUT2D eigenvalue weighted by Gasteiger charge is -2.23. The highest BCUT2D eigenvalue weighted by Gasteiger charge is 2.25. The van der Waals surface area contributed by atoms with E-state index in [2.05, 4.69) is 41.0 Å². The summed E-state index contributed by atoms with van der Waals surface area (Å²) in [5.74, 6) is 0. The molecule has 5 heteroatoms. The standard InChI is InChI=1S/C14H20N4S/c1-9-16-12-7-13(11(15)6-14(12)19-9)18-5-4-10(8-18)17(2)3/h6-7,10H,4-5,8,15H2,1-3H3. The molecule has 1 unspecified atom stereocenters. The number of fused-ring (bicyclic) bond motifs is 1. The van der Waals surface area contributed by atoms with Crippen LogP contribution in [0.25, 0.3) is 10.2 Å². The number of nitrogen functional groups attached to an aromatic ring is 1. The summed E-state index contributed by atoms with van der Waals surface area (Å²) in [4.78, 5) is 9.24. The number of anilines is 2. The van der Waals surface area contributed by atoms with E-state index in [-0.39, 0.29) is 0 Å². The van der Waals surface area contributed by atoms with Crippen LogP contribution in [0.4, 0.5) is 11.4 Å². The van der Waals surface area contributed by atoms with E-state index in [0.717, 1.165) is 35.0 Å². The molecule has 2 heterocycles. The van der Waals surface area contributed by atoms with Gasteiger partial charge in [0.2, 0.25) is 0 Å². The molecule has 0 amide bonds. The molecule has 19 heavy (non-hydrogen) atoms. The lowest BCUT2D eigenvalue weighted by Crippen LogP contribution is -2.31. The van der Waals surface area contributed by atoms with Gasteiger partial charge in [-0.05, 0) is 39.6 Å². The smallest absolute Gasteiger partial charge is 0.0907 e. The van der Waals surface area contributed by atoms with Crippen LogP contribution in [0.3, 0.4) is 0 Å². The van der Waals surface area contributed by atoms with Gasteiger partial charge >= 0.3 is 0 Å². The molecule has 1 saturated heterocycles. The van der Waals surface area contributed by atoms with Crippen LogP contribution in [0.1, 0.15) is 11.4 Å². The van der Waals surface area contributed by atoms with Gasteiger partial charge in [-0.15, -0.1) is 11.3 Å². The Morgan fingerprint density at radius 1 is 1.42 bits per heavy atom. The molecule has 0 spiro atoms. The predicted octanol–water partition coefficient (Wildman–Crippen LogP) is 2.33. The van der Waals surface area contributed by atoms with Gasteiger partial charge in [-0.1, -0.05) is 0 Å². The average Bonchev–Trinajstić information content (AvgIpc) is 2.92. The Bertz CT molecular complexity index is 605. The summed E-state index contributed by atoms with van der Waals surface area (Å²) in [6.07, 6.45) is 1.20. The Balaban J connectivity index is 1.94. The SMILES string of the molecule is Cc1nc2cc(N3CCC(N(C)C)C3)c(N)cc2s1. The molecule has 1 aliphatic rings. The number of aryl methyl sites for hydroxylation is 1. The van der Waals surface area contributed by atoms with Crippen molar-refractivity contribution < 1.29 is 0 Å². The first-order valence-electron chi connectivity index (χ1n) is 6.62. The van der Waals surface area contributed by atoms with Crippen LogP contribution < -0.4 is 10.6 Å². The maximum atomic E-state index is 6.22. The van der Waals surface area contributed by atoms with Crippen molar-refractivity contribution in [2.45, 2.75) is 19.4 Å². The minimum atomic E-state index is 0.618. The van der Waals surface area contributed by atoms with Crippen molar-refractivity contribution in [3.63, 3.8) is 0 Å². The third-order valence-corrected chi connectivity index (χ3v) is 4.81. The molecule has 0 aliphatic carbocycles. The Morgan fingerprint density at radius 3 is 2.89 bits per heavy atom. The molecule has 1 aliphatic heterocycles.